The molecule has 0 amide bonds. The molecule has 0 atom stereocenters. The van der Waals surface area contributed by atoms with Gasteiger partial charge in [-0.3, -0.25) is 0 Å². The maximum absolute atomic E-state index is 4.96. The average molecular weight is 782 g/mol. The number of rotatable bonds is 7. The molecule has 0 aliphatic rings. The Labute approximate surface area is 353 Å². The van der Waals surface area contributed by atoms with E-state index >= 15 is 0 Å². The summed E-state index contributed by atoms with van der Waals surface area (Å²) in [4.78, 5) is 14.8. The van der Waals surface area contributed by atoms with Gasteiger partial charge in [0.1, 0.15) is 0 Å². The Kier molecular flexibility index (Phi) is 8.79. The van der Waals surface area contributed by atoms with E-state index in [1.54, 1.807) is 0 Å². The molecule has 0 radical (unpaired) electrons. The summed E-state index contributed by atoms with van der Waals surface area (Å²) in [5, 5.41) is 8.29. The Bertz CT molecular complexity index is 3540. The van der Waals surface area contributed by atoms with E-state index in [9.17, 15) is 0 Å². The van der Waals surface area contributed by atoms with Gasteiger partial charge in [-0.2, -0.15) is 0 Å². The van der Waals surface area contributed by atoms with Gasteiger partial charge in [-0.15, -0.1) is 0 Å². The molecule has 0 unspecified atom stereocenters. The van der Waals surface area contributed by atoms with Crippen LogP contribution in [0.15, 0.2) is 201 Å². The normalized spacial score (nSPS) is 12.3. The summed E-state index contributed by atoms with van der Waals surface area (Å²) < 4.78 is 4.71. The van der Waals surface area contributed by atoms with Gasteiger partial charge < -0.3 is 9.13 Å². The highest BCUT2D eigenvalue weighted by Gasteiger charge is 2.16. The van der Waals surface area contributed by atoms with Crippen molar-refractivity contribution in [2.45, 2.75) is 6.92 Å². The van der Waals surface area contributed by atoms with Gasteiger partial charge >= 0.3 is 0 Å². The number of hydrogen-bond acceptors (Lipinski definition) is 3. The fourth-order valence-corrected chi connectivity index (χ4v) is 8.72. The van der Waals surface area contributed by atoms with Gasteiger partial charge in [0.05, 0.1) is 16.6 Å². The van der Waals surface area contributed by atoms with Crippen LogP contribution in [-0.4, -0.2) is 24.1 Å². The molecule has 3 heterocycles. The quantitative estimate of drug-likeness (QED) is 0.162. The summed E-state index contributed by atoms with van der Waals surface area (Å²) in [5.74, 6) is 1.92. The molecule has 0 saturated heterocycles. The molecular formula is C56H39N5. The van der Waals surface area contributed by atoms with Crippen LogP contribution in [0.2, 0.25) is 0 Å². The van der Waals surface area contributed by atoms with Gasteiger partial charge in [0.25, 0.3) is 0 Å². The third-order valence-corrected chi connectivity index (χ3v) is 11.7. The van der Waals surface area contributed by atoms with E-state index in [1.165, 1.54) is 32.4 Å². The van der Waals surface area contributed by atoms with E-state index in [-0.39, 0.29) is 0 Å². The lowest BCUT2D eigenvalue weighted by molar-refractivity contribution is 1.07. The van der Waals surface area contributed by atoms with Crippen LogP contribution in [0.5, 0.6) is 0 Å². The molecule has 0 N–H and O–H groups in total. The first-order valence-electron chi connectivity index (χ1n) is 20.6. The predicted molar refractivity (Wildman–Crippen MR) is 254 cm³/mol. The monoisotopic (exact) mass is 781 g/mol. The molecule has 5 heteroatoms. The molecule has 0 fully saturated rings. The average Bonchev–Trinajstić information content (AvgIpc) is 3.83. The zero-order valence-electron chi connectivity index (χ0n) is 33.6. The van der Waals surface area contributed by atoms with Crippen LogP contribution < -0.4 is 10.6 Å². The zero-order valence-corrected chi connectivity index (χ0v) is 33.6. The Balaban J connectivity index is 0.993. The largest absolute Gasteiger partial charge is 0.310 e. The number of aromatic nitrogens is 5. The topological polar surface area (TPSA) is 48.5 Å². The fraction of sp³-hybridized carbons (Fsp3) is 0.0179. The van der Waals surface area contributed by atoms with Crippen molar-refractivity contribution in [2.24, 2.45) is 0 Å². The van der Waals surface area contributed by atoms with Crippen molar-refractivity contribution in [3.8, 4) is 45.5 Å². The van der Waals surface area contributed by atoms with Crippen molar-refractivity contribution in [3.05, 3.63) is 217 Å². The molecule has 11 rings (SSSR count). The van der Waals surface area contributed by atoms with Gasteiger partial charge in [-0.25, -0.2) is 15.0 Å². The smallest absolute Gasteiger partial charge is 0.164 e. The Morgan fingerprint density at radius 1 is 0.443 bits per heavy atom. The molecule has 0 aliphatic carbocycles. The van der Waals surface area contributed by atoms with Crippen LogP contribution in [-0.2, 0) is 0 Å². The van der Waals surface area contributed by atoms with E-state index in [4.69, 9.17) is 15.0 Å². The highest BCUT2D eigenvalue weighted by molar-refractivity contribution is 6.11. The van der Waals surface area contributed by atoms with Crippen LogP contribution >= 0.6 is 0 Å². The van der Waals surface area contributed by atoms with Crippen LogP contribution in [0.1, 0.15) is 12.5 Å². The van der Waals surface area contributed by atoms with Crippen molar-refractivity contribution in [1.29, 1.82) is 0 Å². The first kappa shape index (κ1) is 36.0. The van der Waals surface area contributed by atoms with E-state index in [1.807, 2.05) is 60.7 Å². The molecule has 0 aliphatic heterocycles. The summed E-state index contributed by atoms with van der Waals surface area (Å²) in [6, 6.07) is 67.9. The van der Waals surface area contributed by atoms with Crippen LogP contribution in [0.4, 0.5) is 0 Å². The molecule has 61 heavy (non-hydrogen) atoms. The summed E-state index contributed by atoms with van der Waals surface area (Å²) in [6.07, 6.45) is 4.46. The second kappa shape index (κ2) is 14.9. The first-order valence-corrected chi connectivity index (χ1v) is 20.6. The van der Waals surface area contributed by atoms with E-state index in [2.05, 4.69) is 168 Å². The van der Waals surface area contributed by atoms with Crippen molar-refractivity contribution >= 4 is 61.2 Å². The van der Waals surface area contributed by atoms with Gasteiger partial charge in [-0.1, -0.05) is 146 Å². The summed E-state index contributed by atoms with van der Waals surface area (Å²) in [7, 11) is 0. The number of hydrogen-bond donors (Lipinski definition) is 0. The number of para-hydroxylation sites is 2. The fourth-order valence-electron chi connectivity index (χ4n) is 8.72. The number of benzene rings is 8. The SMILES string of the molecule is C=C(/C=c1\c(=C/C)n(-c2ccc3ccccc3c2)c2ccccc12)c1ccc2c(c1)c1ccccc1n2-c1ccc(-c2nc(-c3ccccc3)nc(-c3ccccc3)n2)cc1. The second-order valence-electron chi connectivity index (χ2n) is 15.3. The van der Waals surface area contributed by atoms with Crippen molar-refractivity contribution in [3.63, 3.8) is 0 Å². The van der Waals surface area contributed by atoms with Crippen molar-refractivity contribution in [1.82, 2.24) is 24.1 Å². The van der Waals surface area contributed by atoms with E-state index in [0.717, 1.165) is 60.8 Å². The minimum Gasteiger partial charge on any atom is -0.310 e. The highest BCUT2D eigenvalue weighted by Crippen LogP contribution is 2.35. The predicted octanol–water partition coefficient (Wildman–Crippen LogP) is 12.4. The van der Waals surface area contributed by atoms with E-state index < -0.39 is 0 Å². The number of fused-ring (bicyclic) bond motifs is 5. The van der Waals surface area contributed by atoms with Gasteiger partial charge in [0.15, 0.2) is 17.5 Å². The highest BCUT2D eigenvalue weighted by atomic mass is 15.0. The third-order valence-electron chi connectivity index (χ3n) is 11.7. The first-order chi connectivity index (χ1) is 30.1. The maximum atomic E-state index is 4.96. The molecule has 3 aromatic heterocycles. The zero-order chi connectivity index (χ0) is 40.9. The number of allylic oxidation sites excluding steroid dienone is 1. The molecule has 5 nitrogen and oxygen atoms in total. The lowest BCUT2D eigenvalue weighted by Crippen LogP contribution is -2.28. The molecular weight excluding hydrogens is 743 g/mol. The molecule has 0 saturated carbocycles. The van der Waals surface area contributed by atoms with Crippen LogP contribution in [0.25, 0.3) is 107 Å². The lowest BCUT2D eigenvalue weighted by Gasteiger charge is -2.11. The lowest BCUT2D eigenvalue weighted by atomic mass is 10.0. The summed E-state index contributed by atoms with van der Waals surface area (Å²) in [5.41, 5.74) is 10.5. The van der Waals surface area contributed by atoms with Crippen molar-refractivity contribution in [2.75, 3.05) is 0 Å². The number of nitrogens with zero attached hydrogens (tertiary/aromatic N) is 5. The molecule has 0 spiro atoms. The molecule has 0 bridgehead atoms. The van der Waals surface area contributed by atoms with Crippen LogP contribution in [0.3, 0.4) is 0 Å². The van der Waals surface area contributed by atoms with E-state index in [0.29, 0.717) is 17.5 Å². The second-order valence-corrected chi connectivity index (χ2v) is 15.3. The van der Waals surface area contributed by atoms with Crippen LogP contribution in [0, 0.1) is 0 Å². The van der Waals surface area contributed by atoms with Gasteiger partial charge in [0, 0.05) is 54.8 Å². The Hall–Kier alpha value is -8.15. The molecule has 288 valence electrons. The standard InChI is InChI=1S/C56H39N5/c1-3-50-48(46-22-12-15-25-52(46)61(50)45-32-26-38-16-10-11-21-43(38)35-45)34-37(2)42-29-33-53-49(36-42)47-23-13-14-24-51(47)60(53)44-30-27-41(28-31-44)56-58-54(39-17-6-4-7-18-39)57-55(59-56)40-19-8-5-9-20-40/h3-36H,2H2,1H3/b48-34-,50-3+. The Morgan fingerprint density at radius 2 is 0.967 bits per heavy atom. The summed E-state index contributed by atoms with van der Waals surface area (Å²) >= 11 is 0. The Morgan fingerprint density at radius 3 is 1.62 bits per heavy atom. The summed E-state index contributed by atoms with van der Waals surface area (Å²) in [6.45, 7) is 6.78. The molecule has 11 aromatic rings. The molecule has 8 aromatic carbocycles. The van der Waals surface area contributed by atoms with Gasteiger partial charge in [-0.05, 0) is 95.6 Å². The maximum Gasteiger partial charge on any atom is 0.164 e. The van der Waals surface area contributed by atoms with Gasteiger partial charge in [0.2, 0.25) is 0 Å². The van der Waals surface area contributed by atoms with Crippen molar-refractivity contribution < 1.29 is 0 Å². The third kappa shape index (κ3) is 6.31. The minimum absolute atomic E-state index is 0.630. The minimum atomic E-state index is 0.630.